The van der Waals surface area contributed by atoms with Gasteiger partial charge in [-0.15, -0.1) is 0 Å². The lowest BCUT2D eigenvalue weighted by Crippen LogP contribution is -2.20. The zero-order valence-electron chi connectivity index (χ0n) is 9.56. The second-order valence-electron chi connectivity index (χ2n) is 4.14. The molecule has 17 heavy (non-hydrogen) atoms. The van der Waals surface area contributed by atoms with Crippen molar-refractivity contribution in [3.05, 3.63) is 23.9 Å². The molecule has 2 heterocycles. The van der Waals surface area contributed by atoms with E-state index in [-0.39, 0.29) is 5.56 Å². The highest BCUT2D eigenvalue weighted by atomic mass is 32.2. The molecule has 1 aliphatic rings. The number of anilines is 1. The minimum atomic E-state index is -0.931. The Morgan fingerprint density at radius 3 is 3.00 bits per heavy atom. The van der Waals surface area contributed by atoms with Crippen molar-refractivity contribution in [3.8, 4) is 0 Å². The average Bonchev–Trinajstić information content (AvgIpc) is 2.38. The summed E-state index contributed by atoms with van der Waals surface area (Å²) in [6, 6.07) is 3.22. The van der Waals surface area contributed by atoms with E-state index in [9.17, 15) is 4.79 Å². The van der Waals surface area contributed by atoms with Gasteiger partial charge in [-0.1, -0.05) is 0 Å². The second kappa shape index (κ2) is 5.91. The molecule has 0 bridgehead atoms. The summed E-state index contributed by atoms with van der Waals surface area (Å²) in [5, 5.41) is 12.2. The summed E-state index contributed by atoms with van der Waals surface area (Å²) < 4.78 is 0. The van der Waals surface area contributed by atoms with Crippen LogP contribution in [0.5, 0.6) is 0 Å². The first-order valence-electron chi connectivity index (χ1n) is 5.77. The second-order valence-corrected chi connectivity index (χ2v) is 5.37. The SMILES string of the molecule is O=C(O)c1cccnc1NCC1CCSCC1. The number of pyridine rings is 1. The predicted octanol–water partition coefficient (Wildman–Crippen LogP) is 2.33. The van der Waals surface area contributed by atoms with Gasteiger partial charge in [-0.3, -0.25) is 0 Å². The van der Waals surface area contributed by atoms with E-state index in [0.29, 0.717) is 11.7 Å². The van der Waals surface area contributed by atoms with E-state index in [1.54, 1.807) is 18.3 Å². The average molecular weight is 252 g/mol. The standard InChI is InChI=1S/C12H16N2O2S/c15-12(16)10-2-1-5-13-11(10)14-8-9-3-6-17-7-4-9/h1-2,5,9H,3-4,6-8H2,(H,13,14)(H,15,16). The van der Waals surface area contributed by atoms with E-state index in [2.05, 4.69) is 10.3 Å². The molecule has 0 aromatic carbocycles. The lowest BCUT2D eigenvalue weighted by molar-refractivity contribution is 0.0697. The van der Waals surface area contributed by atoms with E-state index in [4.69, 9.17) is 5.11 Å². The number of hydrogen-bond donors (Lipinski definition) is 2. The Labute approximate surface area is 105 Å². The molecule has 1 aromatic heterocycles. The number of aromatic carboxylic acids is 1. The lowest BCUT2D eigenvalue weighted by atomic mass is 10.0. The summed E-state index contributed by atoms with van der Waals surface area (Å²) in [6.07, 6.45) is 4.02. The molecule has 92 valence electrons. The van der Waals surface area contributed by atoms with Crippen molar-refractivity contribution in [2.75, 3.05) is 23.4 Å². The smallest absolute Gasteiger partial charge is 0.339 e. The first kappa shape index (κ1) is 12.2. The molecule has 5 heteroatoms. The molecule has 0 spiro atoms. The maximum absolute atomic E-state index is 11.0. The quantitative estimate of drug-likeness (QED) is 0.861. The van der Waals surface area contributed by atoms with Crippen molar-refractivity contribution in [1.82, 2.24) is 4.98 Å². The van der Waals surface area contributed by atoms with Crippen LogP contribution in [0.2, 0.25) is 0 Å². The van der Waals surface area contributed by atoms with Gasteiger partial charge in [-0.2, -0.15) is 11.8 Å². The monoisotopic (exact) mass is 252 g/mol. The molecule has 0 unspecified atom stereocenters. The Hall–Kier alpha value is -1.23. The molecule has 1 aliphatic heterocycles. The van der Waals surface area contributed by atoms with Gasteiger partial charge in [0.25, 0.3) is 0 Å². The van der Waals surface area contributed by atoms with E-state index in [0.717, 1.165) is 6.54 Å². The number of carbonyl (C=O) groups is 1. The Balaban J connectivity index is 1.96. The fourth-order valence-electron chi connectivity index (χ4n) is 1.91. The van der Waals surface area contributed by atoms with Crippen LogP contribution in [0.3, 0.4) is 0 Å². The Bertz CT molecular complexity index is 392. The van der Waals surface area contributed by atoms with Crippen LogP contribution in [-0.2, 0) is 0 Å². The molecule has 0 radical (unpaired) electrons. The molecule has 0 saturated carbocycles. The highest BCUT2D eigenvalue weighted by molar-refractivity contribution is 7.99. The molecular formula is C12H16N2O2S. The van der Waals surface area contributed by atoms with Crippen LogP contribution in [-0.4, -0.2) is 34.1 Å². The van der Waals surface area contributed by atoms with Crippen molar-refractivity contribution in [1.29, 1.82) is 0 Å². The number of hydrogen-bond acceptors (Lipinski definition) is 4. The van der Waals surface area contributed by atoms with Crippen LogP contribution in [0, 0.1) is 5.92 Å². The van der Waals surface area contributed by atoms with E-state index < -0.39 is 5.97 Å². The first-order valence-corrected chi connectivity index (χ1v) is 6.93. The number of carboxylic acid groups (broad SMARTS) is 1. The van der Waals surface area contributed by atoms with Crippen molar-refractivity contribution in [2.45, 2.75) is 12.8 Å². The fraction of sp³-hybridized carbons (Fsp3) is 0.500. The molecule has 1 saturated heterocycles. The highest BCUT2D eigenvalue weighted by Gasteiger charge is 2.15. The Morgan fingerprint density at radius 2 is 2.29 bits per heavy atom. The summed E-state index contributed by atoms with van der Waals surface area (Å²) in [5.74, 6) is 2.61. The third kappa shape index (κ3) is 3.36. The molecule has 2 rings (SSSR count). The van der Waals surface area contributed by atoms with E-state index >= 15 is 0 Å². The summed E-state index contributed by atoms with van der Waals surface area (Å²) in [5.41, 5.74) is 0.248. The van der Waals surface area contributed by atoms with Crippen molar-refractivity contribution >= 4 is 23.5 Å². The number of carboxylic acids is 1. The molecule has 1 fully saturated rings. The topological polar surface area (TPSA) is 62.2 Å². The van der Waals surface area contributed by atoms with Gasteiger partial charge in [0.15, 0.2) is 0 Å². The summed E-state index contributed by atoms with van der Waals surface area (Å²) >= 11 is 1.99. The Kier molecular flexibility index (Phi) is 4.25. The normalized spacial score (nSPS) is 16.7. The predicted molar refractivity (Wildman–Crippen MR) is 69.7 cm³/mol. The first-order chi connectivity index (χ1) is 8.27. The van der Waals surface area contributed by atoms with Crippen LogP contribution >= 0.6 is 11.8 Å². The van der Waals surface area contributed by atoms with E-state index in [1.807, 2.05) is 11.8 Å². The van der Waals surface area contributed by atoms with Crippen LogP contribution in [0.25, 0.3) is 0 Å². The summed E-state index contributed by atoms with van der Waals surface area (Å²) in [4.78, 5) is 15.1. The van der Waals surface area contributed by atoms with Gasteiger partial charge in [0.05, 0.1) is 0 Å². The molecule has 0 amide bonds. The third-order valence-electron chi connectivity index (χ3n) is 2.94. The molecular weight excluding hydrogens is 236 g/mol. The molecule has 0 atom stereocenters. The number of nitrogens with zero attached hydrogens (tertiary/aromatic N) is 1. The third-order valence-corrected chi connectivity index (χ3v) is 3.99. The van der Waals surface area contributed by atoms with Crippen LogP contribution in [0.15, 0.2) is 18.3 Å². The number of aromatic nitrogens is 1. The van der Waals surface area contributed by atoms with Gasteiger partial charge in [-0.05, 0) is 42.4 Å². The lowest BCUT2D eigenvalue weighted by Gasteiger charge is -2.22. The van der Waals surface area contributed by atoms with Gasteiger partial charge in [0, 0.05) is 12.7 Å². The highest BCUT2D eigenvalue weighted by Crippen LogP contribution is 2.23. The fourth-order valence-corrected chi connectivity index (χ4v) is 3.11. The Morgan fingerprint density at radius 1 is 1.53 bits per heavy atom. The zero-order chi connectivity index (χ0) is 12.1. The van der Waals surface area contributed by atoms with Gasteiger partial charge < -0.3 is 10.4 Å². The minimum Gasteiger partial charge on any atom is -0.478 e. The van der Waals surface area contributed by atoms with E-state index in [1.165, 1.54) is 24.3 Å². The molecule has 4 nitrogen and oxygen atoms in total. The largest absolute Gasteiger partial charge is 0.478 e. The van der Waals surface area contributed by atoms with Crippen LogP contribution in [0.1, 0.15) is 23.2 Å². The van der Waals surface area contributed by atoms with Gasteiger partial charge in [0.1, 0.15) is 11.4 Å². The van der Waals surface area contributed by atoms with Crippen molar-refractivity contribution in [2.24, 2.45) is 5.92 Å². The van der Waals surface area contributed by atoms with Crippen LogP contribution in [0.4, 0.5) is 5.82 Å². The maximum Gasteiger partial charge on any atom is 0.339 e. The van der Waals surface area contributed by atoms with Gasteiger partial charge in [-0.25, -0.2) is 9.78 Å². The number of nitrogens with one attached hydrogen (secondary N) is 1. The number of thioether (sulfide) groups is 1. The van der Waals surface area contributed by atoms with Crippen LogP contribution < -0.4 is 5.32 Å². The molecule has 0 aliphatic carbocycles. The molecule has 2 N–H and O–H groups in total. The van der Waals surface area contributed by atoms with Crippen molar-refractivity contribution < 1.29 is 9.90 Å². The summed E-state index contributed by atoms with van der Waals surface area (Å²) in [7, 11) is 0. The van der Waals surface area contributed by atoms with Gasteiger partial charge in [0.2, 0.25) is 0 Å². The van der Waals surface area contributed by atoms with Crippen molar-refractivity contribution in [3.63, 3.8) is 0 Å². The molecule has 1 aromatic rings. The van der Waals surface area contributed by atoms with Gasteiger partial charge >= 0.3 is 5.97 Å². The minimum absolute atomic E-state index is 0.248. The number of rotatable bonds is 4. The summed E-state index contributed by atoms with van der Waals surface area (Å²) in [6.45, 7) is 0.817. The zero-order valence-corrected chi connectivity index (χ0v) is 10.4. The maximum atomic E-state index is 11.0.